The van der Waals surface area contributed by atoms with Crippen molar-refractivity contribution in [2.75, 3.05) is 19.7 Å². The Balaban J connectivity index is 1.89. The number of hydrogen-bond donors (Lipinski definition) is 3. The monoisotopic (exact) mass is 331 g/mol. The number of nitrogens with zero attached hydrogens (tertiary/aromatic N) is 1. The van der Waals surface area contributed by atoms with Gasteiger partial charge in [-0.05, 0) is 43.6 Å². The van der Waals surface area contributed by atoms with Crippen molar-refractivity contribution in [2.24, 2.45) is 16.8 Å². The van der Waals surface area contributed by atoms with Crippen LogP contribution < -0.4 is 10.6 Å². The fraction of sp³-hybridized carbons (Fsp3) is 0.650. The lowest BCUT2D eigenvalue weighted by atomic mass is 9.94. The third kappa shape index (κ3) is 6.16. The fourth-order valence-corrected chi connectivity index (χ4v) is 3.27. The van der Waals surface area contributed by atoms with E-state index in [1.165, 1.54) is 12.0 Å². The van der Waals surface area contributed by atoms with Gasteiger partial charge in [-0.25, -0.2) is 0 Å². The highest BCUT2D eigenvalue weighted by Gasteiger charge is 2.38. The highest BCUT2D eigenvalue weighted by Crippen LogP contribution is 2.40. The number of hydrogen-bond acceptors (Lipinski definition) is 2. The highest BCUT2D eigenvalue weighted by molar-refractivity contribution is 5.80. The van der Waals surface area contributed by atoms with Crippen molar-refractivity contribution in [1.82, 2.24) is 10.6 Å². The van der Waals surface area contributed by atoms with Gasteiger partial charge in [0.15, 0.2) is 5.96 Å². The van der Waals surface area contributed by atoms with Gasteiger partial charge in [0.1, 0.15) is 0 Å². The van der Waals surface area contributed by atoms with Crippen molar-refractivity contribution in [3.63, 3.8) is 0 Å². The van der Waals surface area contributed by atoms with Crippen LogP contribution in [0.3, 0.4) is 0 Å². The number of aliphatic hydroxyl groups excluding tert-OH is 1. The van der Waals surface area contributed by atoms with Gasteiger partial charge in [0, 0.05) is 31.7 Å². The zero-order valence-electron chi connectivity index (χ0n) is 15.3. The van der Waals surface area contributed by atoms with E-state index < -0.39 is 0 Å². The molecule has 0 spiro atoms. The molecular formula is C20H33N3O. The third-order valence-electron chi connectivity index (χ3n) is 4.53. The molecular weight excluding hydrogens is 298 g/mol. The van der Waals surface area contributed by atoms with Crippen LogP contribution in [0.5, 0.6) is 0 Å². The van der Waals surface area contributed by atoms with Gasteiger partial charge in [-0.15, -0.1) is 0 Å². The predicted octanol–water partition coefficient (Wildman–Crippen LogP) is 3.14. The van der Waals surface area contributed by atoms with Crippen LogP contribution in [0.25, 0.3) is 0 Å². The number of nitrogens with one attached hydrogen (secondary N) is 2. The molecule has 0 aromatic heterocycles. The highest BCUT2D eigenvalue weighted by atomic mass is 16.3. The summed E-state index contributed by atoms with van der Waals surface area (Å²) in [5.41, 5.74) is 1.41. The summed E-state index contributed by atoms with van der Waals surface area (Å²) in [6.45, 7) is 8.44. The van der Waals surface area contributed by atoms with Gasteiger partial charge in [-0.2, -0.15) is 0 Å². The van der Waals surface area contributed by atoms with Crippen LogP contribution in [0.15, 0.2) is 35.3 Å². The number of guanidine groups is 1. The third-order valence-corrected chi connectivity index (χ3v) is 4.53. The van der Waals surface area contributed by atoms with Gasteiger partial charge in [-0.1, -0.05) is 44.2 Å². The summed E-state index contributed by atoms with van der Waals surface area (Å²) in [7, 11) is 0. The van der Waals surface area contributed by atoms with Gasteiger partial charge >= 0.3 is 0 Å². The Morgan fingerprint density at radius 1 is 1.29 bits per heavy atom. The summed E-state index contributed by atoms with van der Waals surface area (Å²) >= 11 is 0. The first-order valence-corrected chi connectivity index (χ1v) is 9.34. The van der Waals surface area contributed by atoms with Crippen LogP contribution in [-0.4, -0.2) is 36.8 Å². The van der Waals surface area contributed by atoms with E-state index in [2.05, 4.69) is 61.7 Å². The largest absolute Gasteiger partial charge is 0.396 e. The second-order valence-corrected chi connectivity index (χ2v) is 7.23. The maximum atomic E-state index is 9.25. The Morgan fingerprint density at radius 3 is 2.67 bits per heavy atom. The molecule has 24 heavy (non-hydrogen) atoms. The molecule has 1 aliphatic rings. The number of benzene rings is 1. The van der Waals surface area contributed by atoms with Crippen molar-refractivity contribution in [3.8, 4) is 0 Å². The van der Waals surface area contributed by atoms with Gasteiger partial charge in [0.25, 0.3) is 0 Å². The zero-order chi connectivity index (χ0) is 17.4. The summed E-state index contributed by atoms with van der Waals surface area (Å²) in [5, 5.41) is 16.2. The molecule has 1 aromatic rings. The first kappa shape index (κ1) is 18.8. The standard InChI is InChI=1S/C20H33N3O/c1-4-21-20(22-14-16(10-11-24)12-15(2)3)23-19-13-18(19)17-8-6-5-7-9-17/h5-9,15-16,18-19,24H,4,10-14H2,1-3H3,(H2,21,22,23). The van der Waals surface area contributed by atoms with Crippen LogP contribution >= 0.6 is 0 Å². The smallest absolute Gasteiger partial charge is 0.191 e. The van der Waals surface area contributed by atoms with Crippen molar-refractivity contribution in [1.29, 1.82) is 0 Å². The second-order valence-electron chi connectivity index (χ2n) is 7.23. The molecule has 2 rings (SSSR count). The molecule has 0 radical (unpaired) electrons. The SMILES string of the molecule is CCNC(=NCC(CCO)CC(C)C)NC1CC1c1ccccc1. The molecule has 0 saturated heterocycles. The van der Waals surface area contributed by atoms with E-state index in [0.717, 1.165) is 31.9 Å². The number of aliphatic imine (C=N–C) groups is 1. The topological polar surface area (TPSA) is 56.7 Å². The molecule has 134 valence electrons. The average molecular weight is 332 g/mol. The molecule has 3 N–H and O–H groups in total. The van der Waals surface area contributed by atoms with Gasteiger partial charge in [0.2, 0.25) is 0 Å². The van der Waals surface area contributed by atoms with E-state index in [1.807, 2.05) is 0 Å². The van der Waals surface area contributed by atoms with E-state index in [9.17, 15) is 5.11 Å². The van der Waals surface area contributed by atoms with Crippen LogP contribution in [0.2, 0.25) is 0 Å². The molecule has 1 saturated carbocycles. The lowest BCUT2D eigenvalue weighted by Crippen LogP contribution is -2.39. The van der Waals surface area contributed by atoms with Gasteiger partial charge in [-0.3, -0.25) is 4.99 Å². The zero-order valence-corrected chi connectivity index (χ0v) is 15.3. The minimum Gasteiger partial charge on any atom is -0.396 e. The Labute approximate surface area is 146 Å². The maximum Gasteiger partial charge on any atom is 0.191 e. The Morgan fingerprint density at radius 2 is 2.04 bits per heavy atom. The predicted molar refractivity (Wildman–Crippen MR) is 101 cm³/mol. The van der Waals surface area contributed by atoms with Crippen LogP contribution in [0.4, 0.5) is 0 Å². The van der Waals surface area contributed by atoms with E-state index in [-0.39, 0.29) is 6.61 Å². The summed E-state index contributed by atoms with van der Waals surface area (Å²) in [5.74, 6) is 2.60. The molecule has 0 amide bonds. The molecule has 0 heterocycles. The molecule has 3 atom stereocenters. The van der Waals surface area contributed by atoms with Crippen LogP contribution in [0, 0.1) is 11.8 Å². The first-order chi connectivity index (χ1) is 11.6. The van der Waals surface area contributed by atoms with Crippen molar-refractivity contribution in [2.45, 2.75) is 52.0 Å². The molecule has 4 heteroatoms. The lowest BCUT2D eigenvalue weighted by molar-refractivity contribution is 0.245. The Kier molecular flexibility index (Phi) is 7.57. The second kappa shape index (κ2) is 9.67. The van der Waals surface area contributed by atoms with Crippen molar-refractivity contribution >= 4 is 5.96 Å². The van der Waals surface area contributed by atoms with E-state index in [1.54, 1.807) is 0 Å². The minimum absolute atomic E-state index is 0.246. The minimum atomic E-state index is 0.246. The van der Waals surface area contributed by atoms with Crippen LogP contribution in [0.1, 0.15) is 51.5 Å². The van der Waals surface area contributed by atoms with E-state index >= 15 is 0 Å². The Bertz CT molecular complexity index is 501. The summed E-state index contributed by atoms with van der Waals surface area (Å²) < 4.78 is 0. The summed E-state index contributed by atoms with van der Waals surface area (Å²) in [4.78, 5) is 4.78. The first-order valence-electron chi connectivity index (χ1n) is 9.34. The van der Waals surface area contributed by atoms with E-state index in [4.69, 9.17) is 4.99 Å². The molecule has 1 aromatic carbocycles. The van der Waals surface area contributed by atoms with Crippen molar-refractivity contribution < 1.29 is 5.11 Å². The van der Waals surface area contributed by atoms with Crippen molar-refractivity contribution in [3.05, 3.63) is 35.9 Å². The molecule has 4 nitrogen and oxygen atoms in total. The molecule has 1 aliphatic carbocycles. The molecule has 3 unspecified atom stereocenters. The van der Waals surface area contributed by atoms with Gasteiger partial charge < -0.3 is 15.7 Å². The van der Waals surface area contributed by atoms with E-state index in [0.29, 0.717) is 23.8 Å². The summed E-state index contributed by atoms with van der Waals surface area (Å²) in [6, 6.07) is 11.2. The lowest BCUT2D eigenvalue weighted by Gasteiger charge is -2.17. The molecule has 0 aliphatic heterocycles. The number of aliphatic hydroxyl groups is 1. The van der Waals surface area contributed by atoms with Gasteiger partial charge in [0.05, 0.1) is 0 Å². The maximum absolute atomic E-state index is 9.25. The molecule has 0 bridgehead atoms. The molecule has 1 fully saturated rings. The summed E-state index contributed by atoms with van der Waals surface area (Å²) in [6.07, 6.45) is 3.11. The average Bonchev–Trinajstić information content (AvgIpc) is 3.32. The quantitative estimate of drug-likeness (QED) is 0.481. The normalized spacial score (nSPS) is 21.6. The van der Waals surface area contributed by atoms with Crippen LogP contribution in [-0.2, 0) is 0 Å². The number of rotatable bonds is 9. The fourth-order valence-electron chi connectivity index (χ4n) is 3.27. The Hall–Kier alpha value is -1.55.